The van der Waals surface area contributed by atoms with Crippen LogP contribution in [0.3, 0.4) is 0 Å². The van der Waals surface area contributed by atoms with E-state index >= 15 is 0 Å². The van der Waals surface area contributed by atoms with Crippen molar-refractivity contribution in [3.05, 3.63) is 53.6 Å². The van der Waals surface area contributed by atoms with Gasteiger partial charge in [-0.3, -0.25) is 0 Å². The highest BCUT2D eigenvalue weighted by atomic mass is 35.7. The molecule has 17 heavy (non-hydrogen) atoms. The van der Waals surface area contributed by atoms with E-state index < -0.39 is 9.05 Å². The molecule has 2 rings (SSSR count). The van der Waals surface area contributed by atoms with Gasteiger partial charge in [0.1, 0.15) is 0 Å². The van der Waals surface area contributed by atoms with Crippen molar-refractivity contribution in [3.8, 4) is 11.1 Å². The van der Waals surface area contributed by atoms with Gasteiger partial charge < -0.3 is 0 Å². The zero-order valence-electron chi connectivity index (χ0n) is 8.60. The van der Waals surface area contributed by atoms with Crippen LogP contribution in [0.1, 0.15) is 0 Å². The molecule has 0 aromatic heterocycles. The highest BCUT2D eigenvalue weighted by Gasteiger charge is 2.17. The third-order valence-electron chi connectivity index (χ3n) is 2.31. The van der Waals surface area contributed by atoms with Gasteiger partial charge in [-0.25, -0.2) is 8.42 Å². The van der Waals surface area contributed by atoms with Gasteiger partial charge in [0.15, 0.2) is 0 Å². The largest absolute Gasteiger partial charge is 0.261 e. The molecule has 0 atom stereocenters. The third-order valence-corrected chi connectivity index (χ3v) is 4.02. The smallest absolute Gasteiger partial charge is 0.207 e. The maximum atomic E-state index is 11.5. The molecule has 0 amide bonds. The Hall–Kier alpha value is -1.03. The molecular formula is C12H8Cl2O2S. The predicted octanol–water partition coefficient (Wildman–Crippen LogP) is 3.93. The van der Waals surface area contributed by atoms with Crippen molar-refractivity contribution >= 4 is 31.3 Å². The van der Waals surface area contributed by atoms with Crippen LogP contribution >= 0.6 is 22.3 Å². The fourth-order valence-corrected chi connectivity index (χ4v) is 2.90. The lowest BCUT2D eigenvalue weighted by molar-refractivity contribution is 0.610. The molecule has 0 aliphatic carbocycles. The molecule has 0 bridgehead atoms. The Balaban J connectivity index is 2.74. The lowest BCUT2D eigenvalue weighted by Crippen LogP contribution is -1.94. The molecule has 88 valence electrons. The van der Waals surface area contributed by atoms with Crippen LogP contribution in [-0.4, -0.2) is 8.42 Å². The fraction of sp³-hybridized carbons (Fsp3) is 0. The number of benzene rings is 2. The summed E-state index contributed by atoms with van der Waals surface area (Å²) in [6.45, 7) is 0. The first-order valence-electron chi connectivity index (χ1n) is 4.79. The summed E-state index contributed by atoms with van der Waals surface area (Å²) in [7, 11) is 1.61. The van der Waals surface area contributed by atoms with E-state index in [0.29, 0.717) is 16.1 Å². The summed E-state index contributed by atoms with van der Waals surface area (Å²) in [6.07, 6.45) is 0. The molecular weight excluding hydrogens is 279 g/mol. The van der Waals surface area contributed by atoms with Crippen LogP contribution < -0.4 is 0 Å². The molecule has 0 radical (unpaired) electrons. The molecule has 0 fully saturated rings. The highest BCUT2D eigenvalue weighted by molar-refractivity contribution is 8.13. The minimum atomic E-state index is -3.78. The first kappa shape index (κ1) is 12.4. The van der Waals surface area contributed by atoms with Crippen molar-refractivity contribution in [1.82, 2.24) is 0 Å². The van der Waals surface area contributed by atoms with Crippen LogP contribution in [0.25, 0.3) is 11.1 Å². The molecule has 5 heteroatoms. The minimum absolute atomic E-state index is 0.0646. The van der Waals surface area contributed by atoms with Crippen molar-refractivity contribution in [2.24, 2.45) is 0 Å². The second-order valence-electron chi connectivity index (χ2n) is 3.41. The number of hydrogen-bond donors (Lipinski definition) is 0. The van der Waals surface area contributed by atoms with Crippen LogP contribution in [0.5, 0.6) is 0 Å². The van der Waals surface area contributed by atoms with Crippen molar-refractivity contribution in [2.45, 2.75) is 4.90 Å². The molecule has 0 N–H and O–H groups in total. The molecule has 2 aromatic carbocycles. The lowest BCUT2D eigenvalue weighted by atomic mass is 10.1. The molecule has 0 spiro atoms. The van der Waals surface area contributed by atoms with Gasteiger partial charge in [0.05, 0.1) is 4.90 Å². The molecule has 2 nitrogen and oxygen atoms in total. The summed E-state index contributed by atoms with van der Waals surface area (Å²) in [6, 6.07) is 13.5. The van der Waals surface area contributed by atoms with Crippen molar-refractivity contribution in [3.63, 3.8) is 0 Å². The van der Waals surface area contributed by atoms with E-state index in [1.54, 1.807) is 42.5 Å². The van der Waals surface area contributed by atoms with Gasteiger partial charge in [-0.15, -0.1) is 0 Å². The Morgan fingerprint density at radius 3 is 1.94 bits per heavy atom. The Kier molecular flexibility index (Phi) is 3.43. The quantitative estimate of drug-likeness (QED) is 0.784. The Morgan fingerprint density at radius 1 is 0.824 bits per heavy atom. The molecule has 0 unspecified atom stereocenters. The Bertz CT molecular complexity index is 651. The standard InChI is InChI=1S/C12H8Cl2O2S/c13-11-7-3-1-5-9(11)10-6-2-4-8-12(10)17(14,15)16/h1-8H. The third kappa shape index (κ3) is 2.63. The monoisotopic (exact) mass is 286 g/mol. The zero-order chi connectivity index (χ0) is 12.5. The maximum absolute atomic E-state index is 11.5. The molecule has 0 aliphatic heterocycles. The average molecular weight is 287 g/mol. The summed E-state index contributed by atoms with van der Waals surface area (Å²) in [4.78, 5) is 0.0646. The number of hydrogen-bond acceptors (Lipinski definition) is 2. The molecule has 0 saturated heterocycles. The van der Waals surface area contributed by atoms with E-state index in [1.165, 1.54) is 6.07 Å². The SMILES string of the molecule is O=S(=O)(Cl)c1ccccc1-c1ccccc1Cl. The minimum Gasteiger partial charge on any atom is -0.207 e. The van der Waals surface area contributed by atoms with Gasteiger partial charge in [0.25, 0.3) is 9.05 Å². The summed E-state index contributed by atoms with van der Waals surface area (Å²) >= 11 is 6.04. The van der Waals surface area contributed by atoms with Crippen molar-refractivity contribution in [1.29, 1.82) is 0 Å². The van der Waals surface area contributed by atoms with Crippen molar-refractivity contribution in [2.75, 3.05) is 0 Å². The van der Waals surface area contributed by atoms with Crippen molar-refractivity contribution < 1.29 is 8.42 Å². The molecule has 0 saturated carbocycles. The fourth-order valence-electron chi connectivity index (χ4n) is 1.58. The summed E-state index contributed by atoms with van der Waals surface area (Å²) in [5, 5.41) is 0.486. The normalized spacial score (nSPS) is 11.4. The summed E-state index contributed by atoms with van der Waals surface area (Å²) in [5.74, 6) is 0. The molecule has 0 aliphatic rings. The van der Waals surface area contributed by atoms with Gasteiger partial charge in [0.2, 0.25) is 0 Å². The van der Waals surface area contributed by atoms with Crippen LogP contribution in [0.2, 0.25) is 5.02 Å². The maximum Gasteiger partial charge on any atom is 0.261 e. The zero-order valence-corrected chi connectivity index (χ0v) is 10.9. The topological polar surface area (TPSA) is 34.1 Å². The lowest BCUT2D eigenvalue weighted by Gasteiger charge is -2.08. The van der Waals surface area contributed by atoms with E-state index in [0.717, 1.165) is 0 Å². The first-order valence-corrected chi connectivity index (χ1v) is 7.47. The number of rotatable bonds is 2. The van der Waals surface area contributed by atoms with Gasteiger partial charge in [-0.05, 0) is 12.1 Å². The second kappa shape index (κ2) is 4.69. The average Bonchev–Trinajstić information content (AvgIpc) is 2.28. The van der Waals surface area contributed by atoms with Gasteiger partial charge in [-0.1, -0.05) is 48.0 Å². The summed E-state index contributed by atoms with van der Waals surface area (Å²) in [5.41, 5.74) is 1.15. The van der Waals surface area contributed by atoms with E-state index in [-0.39, 0.29) is 4.90 Å². The van der Waals surface area contributed by atoms with Crippen LogP contribution in [0.4, 0.5) is 0 Å². The van der Waals surface area contributed by atoms with E-state index in [4.69, 9.17) is 22.3 Å². The Morgan fingerprint density at radius 2 is 1.35 bits per heavy atom. The van der Waals surface area contributed by atoms with Crippen LogP contribution in [0, 0.1) is 0 Å². The molecule has 2 aromatic rings. The first-order chi connectivity index (χ1) is 8.00. The van der Waals surface area contributed by atoms with Gasteiger partial charge in [-0.2, -0.15) is 0 Å². The van der Waals surface area contributed by atoms with Crippen LogP contribution in [-0.2, 0) is 9.05 Å². The predicted molar refractivity (Wildman–Crippen MR) is 69.9 cm³/mol. The Labute approximate surface area is 109 Å². The summed E-state index contributed by atoms with van der Waals surface area (Å²) < 4.78 is 22.9. The number of halogens is 2. The second-order valence-corrected chi connectivity index (χ2v) is 6.36. The van der Waals surface area contributed by atoms with Crippen LogP contribution in [0.15, 0.2) is 53.4 Å². The van der Waals surface area contributed by atoms with E-state index in [9.17, 15) is 8.42 Å². The van der Waals surface area contributed by atoms with E-state index in [1.807, 2.05) is 0 Å². The van der Waals surface area contributed by atoms with Gasteiger partial charge in [0, 0.05) is 26.8 Å². The van der Waals surface area contributed by atoms with E-state index in [2.05, 4.69) is 0 Å². The molecule has 0 heterocycles. The highest BCUT2D eigenvalue weighted by Crippen LogP contribution is 2.33. The van der Waals surface area contributed by atoms with Gasteiger partial charge >= 0.3 is 0 Å².